The quantitative estimate of drug-likeness (QED) is 0.576. The maximum Gasteiger partial charge on any atom is 0.343 e. The van der Waals surface area contributed by atoms with Crippen LogP contribution < -0.4 is 18.9 Å². The van der Waals surface area contributed by atoms with E-state index in [-0.39, 0.29) is 0 Å². The van der Waals surface area contributed by atoms with E-state index >= 15 is 0 Å². The van der Waals surface area contributed by atoms with Crippen LogP contribution in [0.1, 0.15) is 23.7 Å². The van der Waals surface area contributed by atoms with Gasteiger partial charge in [0.2, 0.25) is 0 Å². The van der Waals surface area contributed by atoms with Gasteiger partial charge in [-0.15, -0.1) is 0 Å². The molecular formula is C18H20O5. The molecule has 23 heavy (non-hydrogen) atoms. The van der Waals surface area contributed by atoms with E-state index in [0.717, 1.165) is 12.2 Å². The highest BCUT2D eigenvalue weighted by atomic mass is 16.5. The second kappa shape index (κ2) is 8.08. The highest BCUT2D eigenvalue weighted by Gasteiger charge is 2.12. The molecule has 0 saturated heterocycles. The molecule has 0 aromatic heterocycles. The summed E-state index contributed by atoms with van der Waals surface area (Å²) in [6, 6.07) is 11.8. The molecule has 2 aromatic rings. The lowest BCUT2D eigenvalue weighted by molar-refractivity contribution is 0.0733. The fraction of sp³-hybridized carbons (Fsp3) is 0.278. The minimum absolute atomic E-state index is 0.354. The Morgan fingerprint density at radius 2 is 1.43 bits per heavy atom. The Labute approximate surface area is 135 Å². The summed E-state index contributed by atoms with van der Waals surface area (Å²) in [7, 11) is 3.05. The highest BCUT2D eigenvalue weighted by Crippen LogP contribution is 2.24. The van der Waals surface area contributed by atoms with Crippen molar-refractivity contribution in [2.24, 2.45) is 0 Å². The van der Waals surface area contributed by atoms with E-state index in [0.29, 0.717) is 29.4 Å². The summed E-state index contributed by atoms with van der Waals surface area (Å²) in [6.45, 7) is 2.70. The Balaban J connectivity index is 2.09. The zero-order valence-electron chi connectivity index (χ0n) is 13.5. The minimum Gasteiger partial charge on any atom is -0.497 e. The predicted octanol–water partition coefficient (Wildman–Crippen LogP) is 3.71. The fourth-order valence-corrected chi connectivity index (χ4v) is 1.92. The average Bonchev–Trinajstić information content (AvgIpc) is 2.60. The fourth-order valence-electron chi connectivity index (χ4n) is 1.92. The van der Waals surface area contributed by atoms with Gasteiger partial charge in [-0.25, -0.2) is 4.79 Å². The Kier molecular flexibility index (Phi) is 5.86. The molecular weight excluding hydrogens is 296 g/mol. The lowest BCUT2D eigenvalue weighted by atomic mass is 10.2. The van der Waals surface area contributed by atoms with Gasteiger partial charge in [-0.05, 0) is 42.8 Å². The molecule has 0 N–H and O–H groups in total. The molecule has 0 aliphatic heterocycles. The summed E-state index contributed by atoms with van der Waals surface area (Å²) < 4.78 is 21.1. The molecule has 0 amide bonds. The van der Waals surface area contributed by atoms with Gasteiger partial charge >= 0.3 is 5.97 Å². The summed E-state index contributed by atoms with van der Waals surface area (Å²) in [4.78, 5) is 12.2. The lowest BCUT2D eigenvalue weighted by Crippen LogP contribution is -2.09. The van der Waals surface area contributed by atoms with Gasteiger partial charge in [0.05, 0.1) is 26.4 Å². The number of hydrogen-bond donors (Lipinski definition) is 0. The minimum atomic E-state index is -0.482. The van der Waals surface area contributed by atoms with E-state index in [4.69, 9.17) is 18.9 Å². The van der Waals surface area contributed by atoms with Crippen LogP contribution in [0.4, 0.5) is 0 Å². The van der Waals surface area contributed by atoms with E-state index in [1.807, 2.05) is 6.92 Å². The molecule has 0 aliphatic carbocycles. The van der Waals surface area contributed by atoms with Gasteiger partial charge in [-0.1, -0.05) is 6.92 Å². The topological polar surface area (TPSA) is 54.0 Å². The standard InChI is InChI=1S/C18H20O5/c1-4-9-22-14-5-7-15(8-6-14)23-18(19)13-10-16(20-2)12-17(11-13)21-3/h5-8,10-12H,4,9H2,1-3H3. The summed E-state index contributed by atoms with van der Waals surface area (Å²) >= 11 is 0. The first-order valence-electron chi connectivity index (χ1n) is 7.34. The zero-order valence-corrected chi connectivity index (χ0v) is 13.5. The van der Waals surface area contributed by atoms with E-state index < -0.39 is 5.97 Å². The molecule has 0 bridgehead atoms. The smallest absolute Gasteiger partial charge is 0.343 e. The van der Waals surface area contributed by atoms with Crippen LogP contribution in [0.5, 0.6) is 23.0 Å². The summed E-state index contributed by atoms with van der Waals surface area (Å²) in [5.41, 5.74) is 0.354. The van der Waals surface area contributed by atoms with Crippen molar-refractivity contribution in [3.63, 3.8) is 0 Å². The van der Waals surface area contributed by atoms with Gasteiger partial charge in [0.15, 0.2) is 0 Å². The van der Waals surface area contributed by atoms with Crippen LogP contribution >= 0.6 is 0 Å². The van der Waals surface area contributed by atoms with Crippen LogP contribution in [0.25, 0.3) is 0 Å². The number of methoxy groups -OCH3 is 2. The van der Waals surface area contributed by atoms with Gasteiger partial charge in [0, 0.05) is 6.07 Å². The molecule has 0 unspecified atom stereocenters. The zero-order chi connectivity index (χ0) is 16.7. The van der Waals surface area contributed by atoms with Crippen LogP contribution in [-0.2, 0) is 0 Å². The van der Waals surface area contributed by atoms with Crippen LogP contribution in [-0.4, -0.2) is 26.8 Å². The van der Waals surface area contributed by atoms with E-state index in [1.165, 1.54) is 14.2 Å². The first-order chi connectivity index (χ1) is 11.2. The molecule has 0 radical (unpaired) electrons. The van der Waals surface area contributed by atoms with Gasteiger partial charge in [-0.3, -0.25) is 0 Å². The second-order valence-electron chi connectivity index (χ2n) is 4.81. The molecule has 0 aliphatic rings. The van der Waals surface area contributed by atoms with Crippen molar-refractivity contribution in [2.75, 3.05) is 20.8 Å². The predicted molar refractivity (Wildman–Crippen MR) is 86.7 cm³/mol. The Morgan fingerprint density at radius 1 is 0.870 bits per heavy atom. The third-order valence-corrected chi connectivity index (χ3v) is 3.09. The molecule has 2 aromatic carbocycles. The number of carbonyl (C=O) groups excluding carboxylic acids is 1. The molecule has 0 fully saturated rings. The molecule has 0 heterocycles. The highest BCUT2D eigenvalue weighted by molar-refractivity contribution is 5.92. The second-order valence-corrected chi connectivity index (χ2v) is 4.81. The van der Waals surface area contributed by atoms with Crippen molar-refractivity contribution in [3.05, 3.63) is 48.0 Å². The molecule has 5 heteroatoms. The van der Waals surface area contributed by atoms with Crippen LogP contribution in [0.2, 0.25) is 0 Å². The Bertz CT molecular complexity index is 627. The first kappa shape index (κ1) is 16.7. The number of rotatable bonds is 7. The van der Waals surface area contributed by atoms with Gasteiger partial charge in [-0.2, -0.15) is 0 Å². The Morgan fingerprint density at radius 3 is 1.96 bits per heavy atom. The number of ether oxygens (including phenoxy) is 4. The number of esters is 1. The average molecular weight is 316 g/mol. The molecule has 0 saturated carbocycles. The maximum absolute atomic E-state index is 12.2. The van der Waals surface area contributed by atoms with Crippen LogP contribution in [0.3, 0.4) is 0 Å². The van der Waals surface area contributed by atoms with E-state index in [2.05, 4.69) is 0 Å². The van der Waals surface area contributed by atoms with Crippen molar-refractivity contribution in [3.8, 4) is 23.0 Å². The summed E-state index contributed by atoms with van der Waals surface area (Å²) in [5.74, 6) is 1.76. The van der Waals surface area contributed by atoms with Crippen LogP contribution in [0, 0.1) is 0 Å². The van der Waals surface area contributed by atoms with Crippen molar-refractivity contribution >= 4 is 5.97 Å². The van der Waals surface area contributed by atoms with Gasteiger partial charge in [0.25, 0.3) is 0 Å². The molecule has 122 valence electrons. The lowest BCUT2D eigenvalue weighted by Gasteiger charge is -2.09. The molecule has 5 nitrogen and oxygen atoms in total. The van der Waals surface area contributed by atoms with Crippen molar-refractivity contribution < 1.29 is 23.7 Å². The molecule has 2 rings (SSSR count). The van der Waals surface area contributed by atoms with Gasteiger partial charge in [0.1, 0.15) is 23.0 Å². The van der Waals surface area contributed by atoms with Crippen molar-refractivity contribution in [1.29, 1.82) is 0 Å². The third-order valence-electron chi connectivity index (χ3n) is 3.09. The third kappa shape index (κ3) is 4.64. The SMILES string of the molecule is CCCOc1ccc(OC(=O)c2cc(OC)cc(OC)c2)cc1. The normalized spacial score (nSPS) is 10.0. The largest absolute Gasteiger partial charge is 0.497 e. The van der Waals surface area contributed by atoms with Gasteiger partial charge < -0.3 is 18.9 Å². The van der Waals surface area contributed by atoms with E-state index in [9.17, 15) is 4.79 Å². The Hall–Kier alpha value is -2.69. The van der Waals surface area contributed by atoms with Crippen molar-refractivity contribution in [2.45, 2.75) is 13.3 Å². The maximum atomic E-state index is 12.2. The van der Waals surface area contributed by atoms with E-state index in [1.54, 1.807) is 42.5 Å². The number of hydrogen-bond acceptors (Lipinski definition) is 5. The monoisotopic (exact) mass is 316 g/mol. The molecule has 0 atom stereocenters. The first-order valence-corrected chi connectivity index (χ1v) is 7.34. The summed E-state index contributed by atoms with van der Waals surface area (Å²) in [5, 5.41) is 0. The summed E-state index contributed by atoms with van der Waals surface area (Å²) in [6.07, 6.45) is 0.939. The number of benzene rings is 2. The number of carbonyl (C=O) groups is 1. The van der Waals surface area contributed by atoms with Crippen molar-refractivity contribution in [1.82, 2.24) is 0 Å². The molecule has 0 spiro atoms. The van der Waals surface area contributed by atoms with Crippen LogP contribution in [0.15, 0.2) is 42.5 Å².